The van der Waals surface area contributed by atoms with Crippen molar-refractivity contribution in [3.8, 4) is 0 Å². The van der Waals surface area contributed by atoms with Crippen LogP contribution in [0, 0.1) is 0 Å². The number of imidazole rings is 1. The number of H-pyrrole nitrogens is 1. The van der Waals surface area contributed by atoms with Crippen molar-refractivity contribution in [1.82, 2.24) is 19.9 Å². The smallest absolute Gasteiger partial charge is 0.387 e. The summed E-state index contributed by atoms with van der Waals surface area (Å²) in [6, 6.07) is 5.42. The van der Waals surface area contributed by atoms with Crippen molar-refractivity contribution in [1.29, 1.82) is 0 Å². The molecule has 3 aromatic rings. The summed E-state index contributed by atoms with van der Waals surface area (Å²) >= 11 is 12.2. The molecule has 0 bridgehead atoms. The average Bonchev–Trinajstić information content (AvgIpc) is 3.33. The molecule has 0 radical (unpaired) electrons. The Bertz CT molecular complexity index is 1110. The number of hydrogen-bond donors (Lipinski definition) is 7. The monoisotopic (exact) mass is 523 g/mol. The lowest BCUT2D eigenvalue weighted by atomic mass is 10.1. The van der Waals surface area contributed by atoms with Crippen LogP contribution in [0.5, 0.6) is 0 Å². The Labute approximate surface area is 196 Å². The molecule has 0 spiro atoms. The number of rotatable bonds is 6. The molecule has 1 aliphatic rings. The van der Waals surface area contributed by atoms with E-state index in [-0.39, 0.29) is 0 Å². The second-order valence-corrected chi connectivity index (χ2v) is 8.76. The fourth-order valence-electron chi connectivity index (χ4n) is 2.81. The standard InChI is InChI=1S/C12H9Cl2N5.C5H11O8P/c13-8-2-1-3-9(14)7(8)4-15-11-10-12(17-5-16-10)19-6-18-11;6-3-2(1-12-14(9,10)11)13-5(8)4(3)7/h1-3,5-6H,4H2,(H2,15,16,17,18,19);2-8H,1H2,(H2,9,10,11)/t;2-,3-,4-,5?/m.1/s1. The van der Waals surface area contributed by atoms with Crippen molar-refractivity contribution < 1.29 is 38.9 Å². The highest BCUT2D eigenvalue weighted by molar-refractivity contribution is 7.46. The molecule has 1 saturated heterocycles. The topological polar surface area (TPSA) is 203 Å². The van der Waals surface area contributed by atoms with Crippen molar-refractivity contribution in [2.45, 2.75) is 31.1 Å². The van der Waals surface area contributed by atoms with Gasteiger partial charge in [-0.15, -0.1) is 0 Å². The number of aromatic amines is 1. The fraction of sp³-hybridized carbons (Fsp3) is 0.353. The number of aliphatic hydroxyl groups is 3. The van der Waals surface area contributed by atoms with Gasteiger partial charge in [-0.25, -0.2) is 19.5 Å². The zero-order valence-electron chi connectivity index (χ0n) is 16.6. The van der Waals surface area contributed by atoms with E-state index in [1.165, 1.54) is 6.33 Å². The molecule has 4 rings (SSSR count). The first-order valence-corrected chi connectivity index (χ1v) is 11.6. The summed E-state index contributed by atoms with van der Waals surface area (Å²) in [5.74, 6) is 0.665. The summed E-state index contributed by atoms with van der Waals surface area (Å²) in [6.45, 7) is -0.136. The van der Waals surface area contributed by atoms with Crippen molar-refractivity contribution in [2.24, 2.45) is 0 Å². The summed E-state index contributed by atoms with van der Waals surface area (Å²) in [7, 11) is -4.64. The summed E-state index contributed by atoms with van der Waals surface area (Å²) < 4.78 is 18.9. The summed E-state index contributed by atoms with van der Waals surface area (Å²) in [5.41, 5.74) is 2.20. The van der Waals surface area contributed by atoms with Crippen LogP contribution in [0.4, 0.5) is 5.82 Å². The van der Waals surface area contributed by atoms with Crippen molar-refractivity contribution in [2.75, 3.05) is 11.9 Å². The van der Waals surface area contributed by atoms with Crippen LogP contribution in [0.15, 0.2) is 30.9 Å². The Morgan fingerprint density at radius 3 is 2.42 bits per heavy atom. The predicted octanol–water partition coefficient (Wildman–Crippen LogP) is 0.806. The number of anilines is 1. The van der Waals surface area contributed by atoms with Crippen LogP contribution >= 0.6 is 31.0 Å². The second kappa shape index (κ2) is 11.0. The number of nitrogens with zero attached hydrogens (tertiary/aromatic N) is 3. The van der Waals surface area contributed by atoms with Crippen LogP contribution in [0.3, 0.4) is 0 Å². The van der Waals surface area contributed by atoms with Crippen LogP contribution in [-0.2, 0) is 20.4 Å². The zero-order chi connectivity index (χ0) is 24.2. The lowest BCUT2D eigenvalue weighted by Gasteiger charge is -2.14. The van der Waals surface area contributed by atoms with Crippen molar-refractivity contribution in [3.63, 3.8) is 0 Å². The summed E-state index contributed by atoms with van der Waals surface area (Å²) in [4.78, 5) is 31.9. The fourth-order valence-corrected chi connectivity index (χ4v) is 3.68. The van der Waals surface area contributed by atoms with Gasteiger partial charge in [0.05, 0.1) is 12.9 Å². The van der Waals surface area contributed by atoms with Gasteiger partial charge in [0.1, 0.15) is 30.2 Å². The first-order valence-electron chi connectivity index (χ1n) is 9.27. The van der Waals surface area contributed by atoms with E-state index >= 15 is 0 Å². The SMILES string of the molecule is Clc1cccc(Cl)c1CNc1ncnc2nc[nH]c12.O=P(O)(O)OC[C@H]1OC(O)[C@H](O)[C@@H]1O. The minimum atomic E-state index is -4.64. The first kappa shape index (κ1) is 25.7. The third kappa shape index (κ3) is 6.80. The molecule has 4 atom stereocenters. The molecule has 0 saturated carbocycles. The number of phosphoric ester groups is 1. The number of hydrogen-bond acceptors (Lipinski definition) is 10. The maximum Gasteiger partial charge on any atom is 0.469 e. The van der Waals surface area contributed by atoms with E-state index in [1.54, 1.807) is 18.5 Å². The van der Waals surface area contributed by atoms with Gasteiger partial charge in [-0.05, 0) is 12.1 Å². The van der Waals surface area contributed by atoms with Crippen LogP contribution in [0.2, 0.25) is 10.0 Å². The van der Waals surface area contributed by atoms with Crippen LogP contribution in [0.25, 0.3) is 11.2 Å². The van der Waals surface area contributed by atoms with Crippen molar-refractivity contribution >= 4 is 48.0 Å². The number of ether oxygens (including phenoxy) is 1. The largest absolute Gasteiger partial charge is 0.469 e. The van der Waals surface area contributed by atoms with Gasteiger partial charge in [-0.3, -0.25) is 4.52 Å². The average molecular weight is 524 g/mol. The van der Waals surface area contributed by atoms with Gasteiger partial charge >= 0.3 is 7.82 Å². The third-order valence-corrected chi connectivity index (χ3v) is 5.66. The Hall–Kier alpha value is -1.90. The van der Waals surface area contributed by atoms with E-state index in [9.17, 15) is 4.57 Å². The number of nitrogens with one attached hydrogen (secondary N) is 2. The van der Waals surface area contributed by atoms with Gasteiger partial charge < -0.3 is 40.1 Å². The van der Waals surface area contributed by atoms with Gasteiger partial charge in [-0.1, -0.05) is 29.3 Å². The number of phosphoric acid groups is 1. The second-order valence-electron chi connectivity index (χ2n) is 6.71. The molecule has 7 N–H and O–H groups in total. The molecule has 33 heavy (non-hydrogen) atoms. The quantitative estimate of drug-likeness (QED) is 0.224. The molecule has 13 nitrogen and oxygen atoms in total. The molecule has 1 fully saturated rings. The maximum absolute atomic E-state index is 10.3. The molecule has 3 heterocycles. The predicted molar refractivity (Wildman–Crippen MR) is 116 cm³/mol. The third-order valence-electron chi connectivity index (χ3n) is 4.46. The highest BCUT2D eigenvalue weighted by Crippen LogP contribution is 2.37. The molecule has 0 aliphatic carbocycles. The van der Waals surface area contributed by atoms with Crippen LogP contribution in [0.1, 0.15) is 5.56 Å². The van der Waals surface area contributed by atoms with E-state index in [0.717, 1.165) is 11.1 Å². The number of halogens is 2. The molecule has 180 valence electrons. The minimum Gasteiger partial charge on any atom is -0.387 e. The lowest BCUT2D eigenvalue weighted by molar-refractivity contribution is -0.132. The molecule has 16 heteroatoms. The first-order chi connectivity index (χ1) is 15.6. The maximum atomic E-state index is 10.3. The Kier molecular flexibility index (Phi) is 8.59. The molecular formula is C17H20Cl2N5O8P. The summed E-state index contributed by atoms with van der Waals surface area (Å²) in [6.07, 6.45) is -2.63. The number of aliphatic hydroxyl groups excluding tert-OH is 3. The number of aromatic nitrogens is 4. The van der Waals surface area contributed by atoms with Gasteiger partial charge in [0.2, 0.25) is 0 Å². The number of benzene rings is 1. The molecule has 1 aliphatic heterocycles. The van der Waals surface area contributed by atoms with Crippen LogP contribution in [-0.4, -0.2) is 76.3 Å². The van der Waals surface area contributed by atoms with Crippen LogP contribution < -0.4 is 5.32 Å². The van der Waals surface area contributed by atoms with Gasteiger partial charge in [0, 0.05) is 22.2 Å². The van der Waals surface area contributed by atoms with Crippen molar-refractivity contribution in [3.05, 3.63) is 46.5 Å². The Morgan fingerprint density at radius 1 is 1.12 bits per heavy atom. The highest BCUT2D eigenvalue weighted by atomic mass is 35.5. The molecule has 2 aromatic heterocycles. The minimum absolute atomic E-state index is 0.476. The normalized spacial score (nSPS) is 22.8. The summed E-state index contributed by atoms with van der Waals surface area (Å²) in [5, 5.41) is 31.5. The van der Waals surface area contributed by atoms with E-state index in [0.29, 0.717) is 28.1 Å². The van der Waals surface area contributed by atoms with E-state index in [4.69, 9.17) is 48.3 Å². The highest BCUT2D eigenvalue weighted by Gasteiger charge is 2.42. The van der Waals surface area contributed by atoms with E-state index < -0.39 is 39.0 Å². The van der Waals surface area contributed by atoms with E-state index in [2.05, 4.69) is 34.5 Å². The lowest BCUT2D eigenvalue weighted by Crippen LogP contribution is -2.34. The van der Waals surface area contributed by atoms with Gasteiger partial charge in [-0.2, -0.15) is 0 Å². The Balaban J connectivity index is 0.000000196. The zero-order valence-corrected chi connectivity index (χ0v) is 19.0. The molecular weight excluding hydrogens is 504 g/mol. The molecule has 1 aromatic carbocycles. The molecule has 0 amide bonds. The van der Waals surface area contributed by atoms with E-state index in [1.807, 2.05) is 6.07 Å². The molecule has 1 unspecified atom stereocenters. The Morgan fingerprint density at radius 2 is 1.82 bits per heavy atom. The van der Waals surface area contributed by atoms with Gasteiger partial charge in [0.15, 0.2) is 17.8 Å². The number of fused-ring (bicyclic) bond motifs is 1. The van der Waals surface area contributed by atoms with Gasteiger partial charge in [0.25, 0.3) is 0 Å².